The van der Waals surface area contributed by atoms with Crippen molar-refractivity contribution in [2.24, 2.45) is 0 Å². The van der Waals surface area contributed by atoms with E-state index in [1.165, 1.54) is 0 Å². The Morgan fingerprint density at radius 2 is 1.09 bits per heavy atom. The maximum absolute atomic E-state index is 13.8. The topological polar surface area (TPSA) is 137 Å². The predicted molar refractivity (Wildman–Crippen MR) is 206 cm³/mol. The monoisotopic (exact) mass is 769 g/mol. The van der Waals surface area contributed by atoms with Gasteiger partial charge in [-0.2, -0.15) is 0 Å². The average molecular weight is 770 g/mol. The van der Waals surface area contributed by atoms with Crippen LogP contribution in [0.25, 0.3) is 0 Å². The Labute approximate surface area is 328 Å². The molecule has 5 rings (SSSR count). The van der Waals surface area contributed by atoms with Gasteiger partial charge in [0.1, 0.15) is 36.1 Å². The van der Waals surface area contributed by atoms with Crippen LogP contribution in [-0.4, -0.2) is 74.1 Å². The fourth-order valence-electron chi connectivity index (χ4n) is 5.97. The number of benzene rings is 4. The summed E-state index contributed by atoms with van der Waals surface area (Å²) in [5.74, 6) is -1.73. The van der Waals surface area contributed by atoms with E-state index < -0.39 is 66.8 Å². The van der Waals surface area contributed by atoms with Gasteiger partial charge in [0, 0.05) is 0 Å². The lowest BCUT2D eigenvalue weighted by Crippen LogP contribution is -2.62. The van der Waals surface area contributed by atoms with Gasteiger partial charge in [-0.25, -0.2) is 9.59 Å². The van der Waals surface area contributed by atoms with Crippen molar-refractivity contribution in [3.05, 3.63) is 144 Å². The molecule has 0 aromatic heterocycles. The summed E-state index contributed by atoms with van der Waals surface area (Å²) in [6.45, 7) is 5.90. The van der Waals surface area contributed by atoms with E-state index in [9.17, 15) is 14.4 Å². The summed E-state index contributed by atoms with van der Waals surface area (Å²) in [6, 6.07) is 37.2. The molecule has 56 heavy (non-hydrogen) atoms. The molecule has 12 heteroatoms. The summed E-state index contributed by atoms with van der Waals surface area (Å²) < 4.78 is 48.9. The first-order valence-electron chi connectivity index (χ1n) is 18.6. The highest BCUT2D eigenvalue weighted by Crippen LogP contribution is 2.32. The lowest BCUT2D eigenvalue weighted by atomic mass is 9.97. The summed E-state index contributed by atoms with van der Waals surface area (Å²) in [4.78, 5) is 39.1. The van der Waals surface area contributed by atoms with E-state index in [1.54, 1.807) is 20.8 Å². The number of esters is 2. The highest BCUT2D eigenvalue weighted by molar-refractivity contribution is 5.86. The third-order valence-corrected chi connectivity index (χ3v) is 8.64. The Kier molecular flexibility index (Phi) is 16.0. The van der Waals surface area contributed by atoms with Crippen molar-refractivity contribution in [3.63, 3.8) is 0 Å². The summed E-state index contributed by atoms with van der Waals surface area (Å²) in [5.41, 5.74) is 2.81. The second-order valence-corrected chi connectivity index (χ2v) is 14.2. The van der Waals surface area contributed by atoms with E-state index in [-0.39, 0.29) is 33.0 Å². The lowest BCUT2D eigenvalue weighted by molar-refractivity contribution is -0.320. The minimum absolute atomic E-state index is 0.0456. The molecule has 1 heterocycles. The van der Waals surface area contributed by atoms with Gasteiger partial charge in [-0.3, -0.25) is 4.79 Å². The molecule has 1 aliphatic rings. The van der Waals surface area contributed by atoms with E-state index in [2.05, 4.69) is 5.32 Å². The second-order valence-electron chi connectivity index (χ2n) is 14.2. The number of carbonyl (C=O) groups excluding carboxylic acids is 3. The van der Waals surface area contributed by atoms with E-state index in [1.807, 2.05) is 121 Å². The Balaban J connectivity index is 1.46. The van der Waals surface area contributed by atoms with Gasteiger partial charge in [-0.1, -0.05) is 121 Å². The van der Waals surface area contributed by atoms with Gasteiger partial charge in [0.2, 0.25) is 6.29 Å². The van der Waals surface area contributed by atoms with Gasteiger partial charge in [-0.15, -0.1) is 0 Å². The number of alkyl carbamates (subject to hydrolysis) is 1. The van der Waals surface area contributed by atoms with Gasteiger partial charge in [0.25, 0.3) is 0 Å². The summed E-state index contributed by atoms with van der Waals surface area (Å²) in [5, 5.41) is 2.42. The van der Waals surface area contributed by atoms with Crippen molar-refractivity contribution in [2.75, 3.05) is 13.7 Å². The zero-order chi connectivity index (χ0) is 39.8. The third kappa shape index (κ3) is 13.6. The van der Waals surface area contributed by atoms with Gasteiger partial charge >= 0.3 is 18.0 Å². The number of hydrogen-bond acceptors (Lipinski definition) is 11. The fourth-order valence-corrected chi connectivity index (χ4v) is 5.97. The Bertz CT molecular complexity index is 1770. The van der Waals surface area contributed by atoms with E-state index in [0.29, 0.717) is 0 Å². The number of amides is 1. The lowest BCUT2D eigenvalue weighted by Gasteiger charge is -2.45. The van der Waals surface area contributed by atoms with E-state index in [4.69, 9.17) is 37.9 Å². The molecule has 4 aromatic rings. The molecule has 1 fully saturated rings. The number of ether oxygens (including phenoxy) is 8. The van der Waals surface area contributed by atoms with Gasteiger partial charge in [-0.05, 0) is 43.0 Å². The zero-order valence-electron chi connectivity index (χ0n) is 32.2. The Hall–Kier alpha value is -5.11. The molecule has 1 saturated heterocycles. The Morgan fingerprint density at radius 1 is 0.643 bits per heavy atom. The first-order valence-corrected chi connectivity index (χ1v) is 18.6. The smallest absolute Gasteiger partial charge is 0.408 e. The van der Waals surface area contributed by atoms with Crippen molar-refractivity contribution in [1.29, 1.82) is 0 Å². The average Bonchev–Trinajstić information content (AvgIpc) is 3.19. The van der Waals surface area contributed by atoms with Crippen LogP contribution >= 0.6 is 0 Å². The first-order chi connectivity index (χ1) is 27.1. The van der Waals surface area contributed by atoms with E-state index >= 15 is 0 Å². The molecule has 0 spiro atoms. The number of hydrogen-bond donors (Lipinski definition) is 1. The molecule has 0 bridgehead atoms. The van der Waals surface area contributed by atoms with Crippen LogP contribution in [0.1, 0.15) is 49.4 Å². The van der Waals surface area contributed by atoms with Crippen LogP contribution in [0.5, 0.6) is 0 Å². The van der Waals surface area contributed by atoms with Crippen LogP contribution in [0.3, 0.4) is 0 Å². The fraction of sp³-hybridized carbons (Fsp3) is 0.386. The molecule has 1 amide bonds. The van der Waals surface area contributed by atoms with Crippen LogP contribution in [-0.2, 0) is 73.9 Å². The number of nitrogens with one attached hydrogen (secondary N) is 1. The molecule has 0 radical (unpaired) electrons. The first kappa shape index (κ1) is 42.0. The Morgan fingerprint density at radius 3 is 1.55 bits per heavy atom. The maximum Gasteiger partial charge on any atom is 0.408 e. The predicted octanol–water partition coefficient (Wildman–Crippen LogP) is 6.68. The number of methoxy groups -OCH3 is 1. The standard InChI is InChI=1S/C44H51NO11/c1-44(2,3)56-43(48)45-35(41(47)49-4)25-37(46)55-42-40(53-29-34-23-15-8-16-24-34)39(52-28-33-21-13-7-14-22-33)38(51-27-32-19-11-6-12-20-32)36(54-42)30-50-26-31-17-9-5-10-18-31/h5-24,35-36,38-40,42H,25-30H2,1-4H3,(H,45,48)/t35-,36+,38+,39-,40+,42-/m0/s1. The third-order valence-electron chi connectivity index (χ3n) is 8.64. The number of rotatable bonds is 18. The molecule has 1 N–H and O–H groups in total. The zero-order valence-corrected chi connectivity index (χ0v) is 32.2. The molecule has 1 aliphatic heterocycles. The molecule has 12 nitrogen and oxygen atoms in total. The SMILES string of the molecule is COC(=O)[C@H](CC(=O)O[C@@H]1O[C@H](COCc2ccccc2)[C@@H](OCc2ccccc2)[C@H](OCc2ccccc2)[C@H]1OCc1ccccc1)NC(=O)OC(C)(C)C. The van der Waals surface area contributed by atoms with Crippen molar-refractivity contribution >= 4 is 18.0 Å². The molecule has 0 saturated carbocycles. The summed E-state index contributed by atoms with van der Waals surface area (Å²) >= 11 is 0. The molecular weight excluding hydrogens is 718 g/mol. The van der Waals surface area contributed by atoms with Crippen molar-refractivity contribution in [1.82, 2.24) is 5.32 Å². The van der Waals surface area contributed by atoms with Crippen molar-refractivity contribution in [2.45, 2.75) is 96.0 Å². The van der Waals surface area contributed by atoms with Crippen LogP contribution in [0.15, 0.2) is 121 Å². The van der Waals surface area contributed by atoms with E-state index in [0.717, 1.165) is 29.4 Å². The largest absolute Gasteiger partial charge is 0.467 e. The summed E-state index contributed by atoms with van der Waals surface area (Å²) in [7, 11) is 1.15. The highest BCUT2D eigenvalue weighted by atomic mass is 16.7. The van der Waals surface area contributed by atoms with Gasteiger partial charge < -0.3 is 43.2 Å². The van der Waals surface area contributed by atoms with Crippen molar-refractivity contribution in [3.8, 4) is 0 Å². The normalized spacial score (nSPS) is 20.0. The molecule has 6 atom stereocenters. The molecule has 298 valence electrons. The minimum atomic E-state index is -1.41. The van der Waals surface area contributed by atoms with Gasteiger partial charge in [0.15, 0.2) is 0 Å². The van der Waals surface area contributed by atoms with Crippen molar-refractivity contribution < 1.29 is 52.3 Å². The van der Waals surface area contributed by atoms with Crippen LogP contribution in [0.4, 0.5) is 4.79 Å². The molecule has 0 aliphatic carbocycles. The van der Waals surface area contributed by atoms with Gasteiger partial charge in [0.05, 0.1) is 46.6 Å². The minimum Gasteiger partial charge on any atom is -0.467 e. The second kappa shape index (κ2) is 21.3. The quantitative estimate of drug-likeness (QED) is 0.0857. The van der Waals surface area contributed by atoms with Crippen LogP contribution < -0.4 is 5.32 Å². The maximum atomic E-state index is 13.8. The molecule has 0 unspecified atom stereocenters. The molecule has 4 aromatic carbocycles. The summed E-state index contributed by atoms with van der Waals surface area (Å²) in [6.07, 6.45) is -6.29. The highest BCUT2D eigenvalue weighted by Gasteiger charge is 2.50. The number of carbonyl (C=O) groups is 3. The van der Waals surface area contributed by atoms with Crippen LogP contribution in [0, 0.1) is 0 Å². The van der Waals surface area contributed by atoms with Crippen LogP contribution in [0.2, 0.25) is 0 Å². The molecular formula is C44H51NO11.